The minimum absolute atomic E-state index is 0.105. The van der Waals surface area contributed by atoms with Crippen molar-refractivity contribution in [2.24, 2.45) is 11.8 Å². The fraction of sp³-hybridized carbons (Fsp3) is 0.632. The predicted molar refractivity (Wildman–Crippen MR) is 92.4 cm³/mol. The molecule has 134 valence electrons. The van der Waals surface area contributed by atoms with Crippen LogP contribution in [-0.4, -0.2) is 45.5 Å². The first-order valence-electron chi connectivity index (χ1n) is 8.47. The molecule has 2 rings (SSSR count). The smallest absolute Gasteiger partial charge is 0.410 e. The molecule has 1 fully saturated rings. The van der Waals surface area contributed by atoms with Crippen molar-refractivity contribution in [1.29, 1.82) is 0 Å². The van der Waals surface area contributed by atoms with E-state index in [1.165, 1.54) is 0 Å². The molecule has 5 nitrogen and oxygen atoms in total. The number of benzene rings is 1. The monoisotopic (exact) mass is 335 g/mol. The second-order valence-electron chi connectivity index (χ2n) is 7.88. The van der Waals surface area contributed by atoms with E-state index in [2.05, 4.69) is 0 Å². The zero-order valence-electron chi connectivity index (χ0n) is 15.0. The van der Waals surface area contributed by atoms with Gasteiger partial charge in [0.25, 0.3) is 0 Å². The maximum Gasteiger partial charge on any atom is 0.410 e. The van der Waals surface area contributed by atoms with Gasteiger partial charge < -0.3 is 19.8 Å². The summed E-state index contributed by atoms with van der Waals surface area (Å²) in [6.07, 6.45) is 0.275. The van der Waals surface area contributed by atoms with Crippen LogP contribution in [-0.2, 0) is 11.3 Å². The lowest BCUT2D eigenvalue weighted by Gasteiger charge is -2.45. The summed E-state index contributed by atoms with van der Waals surface area (Å²) < 4.78 is 5.41. The van der Waals surface area contributed by atoms with Crippen molar-refractivity contribution in [2.75, 3.05) is 13.1 Å². The predicted octanol–water partition coefficient (Wildman–Crippen LogP) is 2.80. The Labute approximate surface area is 144 Å². The van der Waals surface area contributed by atoms with E-state index < -0.39 is 17.3 Å². The third-order valence-electron chi connectivity index (χ3n) is 4.91. The molecule has 2 atom stereocenters. The van der Waals surface area contributed by atoms with Gasteiger partial charge in [-0.15, -0.1) is 0 Å². The van der Waals surface area contributed by atoms with Crippen LogP contribution in [0.3, 0.4) is 0 Å². The van der Waals surface area contributed by atoms with Gasteiger partial charge in [0, 0.05) is 24.9 Å². The number of hydrogen-bond donors (Lipinski definition) is 2. The second-order valence-corrected chi connectivity index (χ2v) is 7.88. The average molecular weight is 335 g/mol. The lowest BCUT2D eigenvalue weighted by molar-refractivity contribution is -0.0758. The van der Waals surface area contributed by atoms with Gasteiger partial charge in [-0.1, -0.05) is 30.3 Å². The fourth-order valence-electron chi connectivity index (χ4n) is 3.08. The zero-order chi connectivity index (χ0) is 18.0. The number of likely N-dealkylation sites (tertiary alicyclic amines) is 1. The highest BCUT2D eigenvalue weighted by Crippen LogP contribution is 2.35. The molecule has 0 saturated carbocycles. The third-order valence-corrected chi connectivity index (χ3v) is 4.91. The second kappa shape index (κ2) is 7.11. The van der Waals surface area contributed by atoms with Crippen LogP contribution < -0.4 is 0 Å². The van der Waals surface area contributed by atoms with Crippen molar-refractivity contribution in [1.82, 2.24) is 4.90 Å². The quantitative estimate of drug-likeness (QED) is 0.888. The van der Waals surface area contributed by atoms with E-state index in [9.17, 15) is 15.0 Å². The number of ether oxygens (including phenoxy) is 1. The third kappa shape index (κ3) is 4.95. The average Bonchev–Trinajstić information content (AvgIpc) is 2.51. The van der Waals surface area contributed by atoms with E-state index in [4.69, 9.17) is 4.74 Å². The molecular formula is C19H29NO4. The molecule has 0 aromatic heterocycles. The molecule has 1 aromatic carbocycles. The number of carbonyl (C=O) groups excluding carboxylic acids is 1. The zero-order valence-corrected chi connectivity index (χ0v) is 15.0. The summed E-state index contributed by atoms with van der Waals surface area (Å²) >= 11 is 0. The summed E-state index contributed by atoms with van der Waals surface area (Å²) in [4.78, 5) is 14.1. The number of hydrogen-bond acceptors (Lipinski definition) is 4. The van der Waals surface area contributed by atoms with Gasteiger partial charge >= 0.3 is 6.09 Å². The van der Waals surface area contributed by atoms with Crippen LogP contribution in [0.1, 0.15) is 39.7 Å². The van der Waals surface area contributed by atoms with Crippen LogP contribution in [0.15, 0.2) is 30.3 Å². The van der Waals surface area contributed by atoms with E-state index in [0.717, 1.165) is 5.56 Å². The van der Waals surface area contributed by atoms with Crippen LogP contribution >= 0.6 is 0 Å². The highest BCUT2D eigenvalue weighted by molar-refractivity contribution is 5.67. The first kappa shape index (κ1) is 18.7. The van der Waals surface area contributed by atoms with Crippen molar-refractivity contribution < 1.29 is 19.7 Å². The SMILES string of the molecule is CC(C)(O)C1CC(C(C)(C)O)CN(C(=O)OCc2ccccc2)C1. The normalized spacial score (nSPS) is 22.3. The Morgan fingerprint density at radius 3 is 2.04 bits per heavy atom. The number of piperidine rings is 1. The summed E-state index contributed by atoms with van der Waals surface area (Å²) in [5.41, 5.74) is -0.898. The lowest BCUT2D eigenvalue weighted by Crippen LogP contribution is -2.54. The summed E-state index contributed by atoms with van der Waals surface area (Å²) in [6, 6.07) is 9.53. The van der Waals surface area contributed by atoms with Crippen molar-refractivity contribution in [3.05, 3.63) is 35.9 Å². The molecule has 1 aromatic rings. The molecule has 1 amide bonds. The Kier molecular flexibility index (Phi) is 5.56. The van der Waals surface area contributed by atoms with Gasteiger partial charge in [-0.05, 0) is 39.7 Å². The standard InChI is InChI=1S/C19H29NO4/c1-18(2,22)15-10-16(19(3,4)23)12-20(11-15)17(21)24-13-14-8-6-5-7-9-14/h5-9,15-16,22-23H,10-13H2,1-4H3. The molecule has 5 heteroatoms. The Balaban J connectivity index is 2.05. The van der Waals surface area contributed by atoms with E-state index in [1.807, 2.05) is 30.3 Å². The number of carbonyl (C=O) groups is 1. The molecule has 24 heavy (non-hydrogen) atoms. The van der Waals surface area contributed by atoms with Crippen LogP contribution in [0, 0.1) is 11.8 Å². The fourth-order valence-corrected chi connectivity index (χ4v) is 3.08. The van der Waals surface area contributed by atoms with Gasteiger partial charge in [-0.3, -0.25) is 0 Å². The van der Waals surface area contributed by atoms with E-state index in [1.54, 1.807) is 32.6 Å². The van der Waals surface area contributed by atoms with Gasteiger partial charge in [0.2, 0.25) is 0 Å². The molecular weight excluding hydrogens is 306 g/mol. The number of aliphatic hydroxyl groups is 2. The Morgan fingerprint density at radius 2 is 1.58 bits per heavy atom. The summed E-state index contributed by atoms with van der Waals surface area (Å²) in [7, 11) is 0. The maximum atomic E-state index is 12.5. The molecule has 1 saturated heterocycles. The number of amides is 1. The van der Waals surface area contributed by atoms with Crippen molar-refractivity contribution in [3.8, 4) is 0 Å². The van der Waals surface area contributed by atoms with Crippen LogP contribution in [0.4, 0.5) is 4.79 Å². The van der Waals surface area contributed by atoms with Crippen molar-refractivity contribution in [2.45, 2.75) is 51.9 Å². The van der Waals surface area contributed by atoms with E-state index >= 15 is 0 Å². The number of nitrogens with zero attached hydrogens (tertiary/aromatic N) is 1. The number of rotatable bonds is 4. The molecule has 2 unspecified atom stereocenters. The lowest BCUT2D eigenvalue weighted by atomic mass is 9.74. The highest BCUT2D eigenvalue weighted by atomic mass is 16.6. The molecule has 1 aliphatic rings. The van der Waals surface area contributed by atoms with Crippen LogP contribution in [0.5, 0.6) is 0 Å². The van der Waals surface area contributed by atoms with Gasteiger partial charge in [0.05, 0.1) is 11.2 Å². The largest absolute Gasteiger partial charge is 0.445 e. The maximum absolute atomic E-state index is 12.5. The Bertz CT molecular complexity index is 523. The molecule has 2 N–H and O–H groups in total. The first-order chi connectivity index (χ1) is 11.1. The van der Waals surface area contributed by atoms with Crippen LogP contribution in [0.2, 0.25) is 0 Å². The molecule has 0 radical (unpaired) electrons. The topological polar surface area (TPSA) is 70.0 Å². The molecule has 0 aliphatic carbocycles. The molecule has 0 spiro atoms. The Hall–Kier alpha value is -1.59. The summed E-state index contributed by atoms with van der Waals surface area (Å²) in [5, 5.41) is 20.7. The van der Waals surface area contributed by atoms with Gasteiger partial charge in [0.15, 0.2) is 0 Å². The summed E-state index contributed by atoms with van der Waals surface area (Å²) in [5.74, 6) is -0.209. The molecule has 1 aliphatic heterocycles. The van der Waals surface area contributed by atoms with E-state index in [0.29, 0.717) is 19.5 Å². The van der Waals surface area contributed by atoms with Gasteiger partial charge in [-0.25, -0.2) is 4.79 Å². The Morgan fingerprint density at radius 1 is 1.08 bits per heavy atom. The van der Waals surface area contributed by atoms with Crippen molar-refractivity contribution >= 4 is 6.09 Å². The minimum Gasteiger partial charge on any atom is -0.445 e. The molecule has 0 bridgehead atoms. The first-order valence-corrected chi connectivity index (χ1v) is 8.47. The highest BCUT2D eigenvalue weighted by Gasteiger charge is 2.42. The van der Waals surface area contributed by atoms with E-state index in [-0.39, 0.29) is 18.4 Å². The summed E-state index contributed by atoms with van der Waals surface area (Å²) in [6.45, 7) is 8.08. The minimum atomic E-state index is -0.915. The van der Waals surface area contributed by atoms with Gasteiger partial charge in [-0.2, -0.15) is 0 Å². The van der Waals surface area contributed by atoms with Gasteiger partial charge in [0.1, 0.15) is 6.61 Å². The molecule has 1 heterocycles. The van der Waals surface area contributed by atoms with Crippen LogP contribution in [0.25, 0.3) is 0 Å². The van der Waals surface area contributed by atoms with Crippen molar-refractivity contribution in [3.63, 3.8) is 0 Å².